The number of ether oxygens (including phenoxy) is 1. The molecule has 0 saturated carbocycles. The van der Waals surface area contributed by atoms with Gasteiger partial charge in [0.05, 0.1) is 19.2 Å². The number of rotatable bonds is 4. The monoisotopic (exact) mass is 380 g/mol. The van der Waals surface area contributed by atoms with E-state index in [1.165, 1.54) is 0 Å². The van der Waals surface area contributed by atoms with E-state index in [2.05, 4.69) is 50.3 Å². The van der Waals surface area contributed by atoms with Crippen molar-refractivity contribution < 1.29 is 4.74 Å². The SMILES string of the molecule is CN1CCN(c2ccc(CN=C(N)NC3CCOc4ccccc43)cn2)CC1. The molecule has 7 nitrogen and oxygen atoms in total. The van der Waals surface area contributed by atoms with E-state index in [1.54, 1.807) is 0 Å². The topological polar surface area (TPSA) is 79.0 Å². The Morgan fingerprint density at radius 2 is 2.04 bits per heavy atom. The van der Waals surface area contributed by atoms with E-state index in [0.717, 1.165) is 55.3 Å². The molecule has 148 valence electrons. The molecule has 2 aliphatic heterocycles. The number of aliphatic imine (C=N–C) groups is 1. The van der Waals surface area contributed by atoms with Crippen LogP contribution in [0.5, 0.6) is 5.75 Å². The molecule has 0 bridgehead atoms. The Kier molecular flexibility index (Phi) is 5.62. The molecular formula is C21H28N6O. The summed E-state index contributed by atoms with van der Waals surface area (Å²) < 4.78 is 5.70. The number of benzene rings is 1. The normalized spacial score (nSPS) is 20.4. The van der Waals surface area contributed by atoms with Crippen LogP contribution in [0.25, 0.3) is 0 Å². The fraction of sp³-hybridized carbons (Fsp3) is 0.429. The zero-order chi connectivity index (χ0) is 19.3. The summed E-state index contributed by atoms with van der Waals surface area (Å²) in [6.07, 6.45) is 2.77. The van der Waals surface area contributed by atoms with Crippen LogP contribution < -0.4 is 20.7 Å². The molecule has 1 aromatic carbocycles. The van der Waals surface area contributed by atoms with Gasteiger partial charge in [0.15, 0.2) is 5.96 Å². The van der Waals surface area contributed by atoms with E-state index in [4.69, 9.17) is 10.5 Å². The van der Waals surface area contributed by atoms with Gasteiger partial charge in [-0.15, -0.1) is 0 Å². The second-order valence-corrected chi connectivity index (χ2v) is 7.39. The highest BCUT2D eigenvalue weighted by atomic mass is 16.5. The number of likely N-dealkylation sites (N-methyl/N-ethyl adjacent to an activating group) is 1. The minimum absolute atomic E-state index is 0.131. The number of hydrogen-bond donors (Lipinski definition) is 2. The highest BCUT2D eigenvalue weighted by molar-refractivity contribution is 5.78. The largest absolute Gasteiger partial charge is 0.493 e. The van der Waals surface area contributed by atoms with Crippen LogP contribution in [0.3, 0.4) is 0 Å². The maximum atomic E-state index is 6.13. The number of piperazine rings is 1. The van der Waals surface area contributed by atoms with Crippen molar-refractivity contribution in [3.05, 3.63) is 53.7 Å². The van der Waals surface area contributed by atoms with Crippen molar-refractivity contribution in [2.45, 2.75) is 19.0 Å². The van der Waals surface area contributed by atoms with E-state index in [0.29, 0.717) is 19.1 Å². The van der Waals surface area contributed by atoms with Gasteiger partial charge < -0.3 is 25.6 Å². The van der Waals surface area contributed by atoms with Crippen molar-refractivity contribution in [1.29, 1.82) is 0 Å². The molecule has 3 heterocycles. The van der Waals surface area contributed by atoms with Crippen molar-refractivity contribution >= 4 is 11.8 Å². The van der Waals surface area contributed by atoms with Crippen LogP contribution in [-0.4, -0.2) is 55.7 Å². The maximum absolute atomic E-state index is 6.13. The molecule has 2 aromatic rings. The van der Waals surface area contributed by atoms with Crippen LogP contribution in [0.2, 0.25) is 0 Å². The van der Waals surface area contributed by atoms with Gasteiger partial charge in [0.2, 0.25) is 0 Å². The van der Waals surface area contributed by atoms with E-state index in [-0.39, 0.29) is 6.04 Å². The third-order valence-electron chi connectivity index (χ3n) is 5.35. The van der Waals surface area contributed by atoms with Gasteiger partial charge in [-0.2, -0.15) is 0 Å². The molecule has 1 atom stereocenters. The first-order valence-corrected chi connectivity index (χ1v) is 9.85. The van der Waals surface area contributed by atoms with Gasteiger partial charge in [-0.1, -0.05) is 24.3 Å². The molecule has 28 heavy (non-hydrogen) atoms. The number of guanidine groups is 1. The zero-order valence-corrected chi connectivity index (χ0v) is 16.3. The Morgan fingerprint density at radius 1 is 1.21 bits per heavy atom. The Labute approximate surface area is 166 Å². The third kappa shape index (κ3) is 4.36. The lowest BCUT2D eigenvalue weighted by Crippen LogP contribution is -2.44. The number of para-hydroxylation sites is 1. The zero-order valence-electron chi connectivity index (χ0n) is 16.3. The van der Waals surface area contributed by atoms with Crippen LogP contribution in [0.4, 0.5) is 5.82 Å². The number of fused-ring (bicyclic) bond motifs is 1. The van der Waals surface area contributed by atoms with Crippen molar-refractivity contribution in [2.75, 3.05) is 44.7 Å². The van der Waals surface area contributed by atoms with Crippen LogP contribution in [-0.2, 0) is 6.54 Å². The van der Waals surface area contributed by atoms with E-state index in [9.17, 15) is 0 Å². The molecule has 4 rings (SSSR count). The summed E-state index contributed by atoms with van der Waals surface area (Å²) in [5.74, 6) is 2.40. The summed E-state index contributed by atoms with van der Waals surface area (Å²) in [7, 11) is 2.16. The lowest BCUT2D eigenvalue weighted by molar-refractivity contribution is 0.262. The van der Waals surface area contributed by atoms with Gasteiger partial charge in [0.1, 0.15) is 11.6 Å². The van der Waals surface area contributed by atoms with E-state index < -0.39 is 0 Å². The lowest BCUT2D eigenvalue weighted by atomic mass is 10.0. The first-order chi connectivity index (χ1) is 13.7. The predicted molar refractivity (Wildman–Crippen MR) is 112 cm³/mol. The smallest absolute Gasteiger partial charge is 0.189 e. The number of pyridine rings is 1. The van der Waals surface area contributed by atoms with Crippen LogP contribution in [0.1, 0.15) is 23.6 Å². The van der Waals surface area contributed by atoms with Gasteiger partial charge in [-0.3, -0.25) is 0 Å². The summed E-state index contributed by atoms with van der Waals surface area (Å²) in [6, 6.07) is 12.4. The Morgan fingerprint density at radius 3 is 2.82 bits per heavy atom. The molecule has 0 aliphatic carbocycles. The fourth-order valence-electron chi connectivity index (χ4n) is 3.63. The average molecular weight is 380 g/mol. The molecule has 1 fully saturated rings. The molecule has 1 saturated heterocycles. The Balaban J connectivity index is 1.34. The third-order valence-corrected chi connectivity index (χ3v) is 5.35. The molecular weight excluding hydrogens is 352 g/mol. The summed E-state index contributed by atoms with van der Waals surface area (Å²) in [5.41, 5.74) is 8.31. The van der Waals surface area contributed by atoms with Gasteiger partial charge in [-0.25, -0.2) is 9.98 Å². The standard InChI is InChI=1S/C21H28N6O/c1-26-9-11-27(12-10-26)20-7-6-16(14-23-20)15-24-21(22)25-18-8-13-28-19-5-3-2-4-17(18)19/h2-7,14,18H,8-13,15H2,1H3,(H3,22,24,25). The number of aromatic nitrogens is 1. The quantitative estimate of drug-likeness (QED) is 0.622. The summed E-state index contributed by atoms with van der Waals surface area (Å²) in [6.45, 7) is 5.38. The van der Waals surface area contributed by atoms with E-state index >= 15 is 0 Å². The average Bonchev–Trinajstić information content (AvgIpc) is 2.74. The van der Waals surface area contributed by atoms with Crippen LogP contribution in [0, 0.1) is 0 Å². The highest BCUT2D eigenvalue weighted by Crippen LogP contribution is 2.31. The fourth-order valence-corrected chi connectivity index (χ4v) is 3.63. The van der Waals surface area contributed by atoms with Crippen molar-refractivity contribution in [3.63, 3.8) is 0 Å². The minimum Gasteiger partial charge on any atom is -0.493 e. The first-order valence-electron chi connectivity index (χ1n) is 9.85. The van der Waals surface area contributed by atoms with Crippen molar-refractivity contribution in [2.24, 2.45) is 10.7 Å². The highest BCUT2D eigenvalue weighted by Gasteiger charge is 2.21. The molecule has 0 spiro atoms. The molecule has 7 heteroatoms. The maximum Gasteiger partial charge on any atom is 0.189 e. The molecule has 0 radical (unpaired) electrons. The number of nitrogens with one attached hydrogen (secondary N) is 1. The van der Waals surface area contributed by atoms with Crippen molar-refractivity contribution in [3.8, 4) is 5.75 Å². The molecule has 3 N–H and O–H groups in total. The Bertz CT molecular complexity index is 814. The number of nitrogens with zero attached hydrogens (tertiary/aromatic N) is 4. The predicted octanol–water partition coefficient (Wildman–Crippen LogP) is 1.76. The van der Waals surface area contributed by atoms with Gasteiger partial charge in [-0.05, 0) is 24.7 Å². The van der Waals surface area contributed by atoms with Crippen LogP contribution >= 0.6 is 0 Å². The Hall–Kier alpha value is -2.80. The minimum atomic E-state index is 0.131. The molecule has 1 unspecified atom stereocenters. The molecule has 1 aromatic heterocycles. The number of hydrogen-bond acceptors (Lipinski definition) is 5. The van der Waals surface area contributed by atoms with Gasteiger partial charge in [0.25, 0.3) is 0 Å². The first kappa shape index (κ1) is 18.6. The summed E-state index contributed by atoms with van der Waals surface area (Å²) in [5, 5.41) is 3.33. The summed E-state index contributed by atoms with van der Waals surface area (Å²) in [4.78, 5) is 13.8. The second-order valence-electron chi connectivity index (χ2n) is 7.39. The second kappa shape index (κ2) is 8.48. The lowest BCUT2D eigenvalue weighted by Gasteiger charge is -2.33. The molecule has 2 aliphatic rings. The molecule has 0 amide bonds. The summed E-state index contributed by atoms with van der Waals surface area (Å²) >= 11 is 0. The van der Waals surface area contributed by atoms with E-state index in [1.807, 2.05) is 24.4 Å². The number of nitrogens with two attached hydrogens (primary N) is 1. The van der Waals surface area contributed by atoms with Crippen molar-refractivity contribution in [1.82, 2.24) is 15.2 Å². The van der Waals surface area contributed by atoms with Gasteiger partial charge >= 0.3 is 0 Å². The van der Waals surface area contributed by atoms with Gasteiger partial charge in [0, 0.05) is 44.4 Å². The van der Waals surface area contributed by atoms with Crippen LogP contribution in [0.15, 0.2) is 47.6 Å². The number of anilines is 1.